The molecular formula is C14H22BrCl2FN2. The Morgan fingerprint density at radius 2 is 1.95 bits per heavy atom. The molecule has 0 saturated carbocycles. The third-order valence-corrected chi connectivity index (χ3v) is 4.11. The molecule has 20 heavy (non-hydrogen) atoms. The monoisotopic (exact) mass is 386 g/mol. The van der Waals surface area contributed by atoms with Gasteiger partial charge in [0.1, 0.15) is 5.82 Å². The molecular weight excluding hydrogens is 366 g/mol. The van der Waals surface area contributed by atoms with E-state index in [-0.39, 0.29) is 36.7 Å². The van der Waals surface area contributed by atoms with Crippen LogP contribution in [0.5, 0.6) is 0 Å². The van der Waals surface area contributed by atoms with Crippen LogP contribution in [0.1, 0.15) is 31.4 Å². The molecule has 1 N–H and O–H groups in total. The minimum Gasteiger partial charge on any atom is -0.314 e. The van der Waals surface area contributed by atoms with E-state index in [2.05, 4.69) is 33.1 Å². The van der Waals surface area contributed by atoms with Gasteiger partial charge in [-0.15, -0.1) is 24.8 Å². The lowest BCUT2D eigenvalue weighted by Crippen LogP contribution is -2.45. The number of nitrogens with one attached hydrogen (secondary N) is 1. The molecule has 0 aromatic heterocycles. The average molecular weight is 388 g/mol. The summed E-state index contributed by atoms with van der Waals surface area (Å²) >= 11 is 3.28. The van der Waals surface area contributed by atoms with Gasteiger partial charge in [-0.1, -0.05) is 25.5 Å². The van der Waals surface area contributed by atoms with Crippen LogP contribution < -0.4 is 5.32 Å². The fourth-order valence-corrected chi connectivity index (χ4v) is 2.96. The molecule has 0 amide bonds. The molecule has 1 fully saturated rings. The van der Waals surface area contributed by atoms with Crippen molar-refractivity contribution in [3.8, 4) is 0 Å². The highest BCUT2D eigenvalue weighted by atomic mass is 79.9. The largest absolute Gasteiger partial charge is 0.314 e. The van der Waals surface area contributed by atoms with Crippen molar-refractivity contribution in [3.63, 3.8) is 0 Å². The van der Waals surface area contributed by atoms with Gasteiger partial charge in [0.25, 0.3) is 0 Å². The van der Waals surface area contributed by atoms with Crippen LogP contribution in [-0.2, 0) is 0 Å². The number of benzene rings is 1. The Hall–Kier alpha value is 0.130. The molecule has 1 aliphatic heterocycles. The second-order valence-electron chi connectivity index (χ2n) is 4.73. The number of hydrogen-bond donors (Lipinski definition) is 1. The summed E-state index contributed by atoms with van der Waals surface area (Å²) in [6.45, 7) is 6.14. The van der Waals surface area contributed by atoms with E-state index < -0.39 is 0 Å². The zero-order chi connectivity index (χ0) is 13.0. The molecule has 1 saturated heterocycles. The molecule has 0 radical (unpaired) electrons. The molecule has 6 heteroatoms. The van der Waals surface area contributed by atoms with Gasteiger partial charge < -0.3 is 5.32 Å². The first kappa shape index (κ1) is 20.1. The lowest BCUT2D eigenvalue weighted by atomic mass is 9.99. The molecule has 2 rings (SSSR count). The Morgan fingerprint density at radius 1 is 1.30 bits per heavy atom. The third-order valence-electron chi connectivity index (χ3n) is 3.49. The molecule has 116 valence electrons. The van der Waals surface area contributed by atoms with Gasteiger partial charge in [-0.05, 0) is 28.4 Å². The smallest absolute Gasteiger partial charge is 0.142 e. The fourth-order valence-electron chi connectivity index (χ4n) is 2.58. The van der Waals surface area contributed by atoms with Gasteiger partial charge in [-0.3, -0.25) is 4.90 Å². The highest BCUT2D eigenvalue weighted by Gasteiger charge is 2.24. The van der Waals surface area contributed by atoms with Crippen LogP contribution in [0.15, 0.2) is 22.7 Å². The number of hydrogen-bond acceptors (Lipinski definition) is 2. The van der Waals surface area contributed by atoms with E-state index in [1.165, 1.54) is 0 Å². The van der Waals surface area contributed by atoms with Crippen LogP contribution in [0.2, 0.25) is 0 Å². The van der Waals surface area contributed by atoms with Gasteiger partial charge in [0.15, 0.2) is 0 Å². The Balaban J connectivity index is 0.00000180. The zero-order valence-corrected chi connectivity index (χ0v) is 14.8. The van der Waals surface area contributed by atoms with Crippen molar-refractivity contribution in [2.45, 2.75) is 25.8 Å². The van der Waals surface area contributed by atoms with Crippen molar-refractivity contribution in [2.24, 2.45) is 0 Å². The number of nitrogens with zero attached hydrogens (tertiary/aromatic N) is 1. The van der Waals surface area contributed by atoms with E-state index in [1.807, 2.05) is 12.1 Å². The Morgan fingerprint density at radius 3 is 2.55 bits per heavy atom. The van der Waals surface area contributed by atoms with E-state index in [1.54, 1.807) is 6.07 Å². The first-order valence-electron chi connectivity index (χ1n) is 6.62. The van der Waals surface area contributed by atoms with Crippen LogP contribution >= 0.6 is 40.7 Å². The van der Waals surface area contributed by atoms with Crippen molar-refractivity contribution in [2.75, 3.05) is 26.2 Å². The first-order chi connectivity index (χ1) is 8.74. The molecule has 0 spiro atoms. The number of piperazine rings is 1. The van der Waals surface area contributed by atoms with E-state index in [9.17, 15) is 4.39 Å². The Bertz CT molecular complexity index is 401. The van der Waals surface area contributed by atoms with Crippen LogP contribution in [0.3, 0.4) is 0 Å². The van der Waals surface area contributed by atoms with Crippen LogP contribution in [-0.4, -0.2) is 31.1 Å². The van der Waals surface area contributed by atoms with E-state index >= 15 is 0 Å². The predicted molar refractivity (Wildman–Crippen MR) is 90.7 cm³/mol. The first-order valence-corrected chi connectivity index (χ1v) is 7.42. The normalized spacial score (nSPS) is 16.9. The third kappa shape index (κ3) is 4.85. The van der Waals surface area contributed by atoms with Crippen molar-refractivity contribution >= 4 is 40.7 Å². The van der Waals surface area contributed by atoms with E-state index in [0.717, 1.165) is 44.6 Å². The maximum Gasteiger partial charge on any atom is 0.142 e. The van der Waals surface area contributed by atoms with Crippen molar-refractivity contribution in [1.29, 1.82) is 0 Å². The Kier molecular flexibility index (Phi) is 10.0. The quantitative estimate of drug-likeness (QED) is 0.833. The fraction of sp³-hybridized carbons (Fsp3) is 0.571. The minimum absolute atomic E-state index is 0. The summed E-state index contributed by atoms with van der Waals surface area (Å²) < 4.78 is 14.8. The predicted octanol–water partition coefficient (Wildman–Crippen LogP) is 4.18. The Labute approximate surface area is 141 Å². The molecule has 1 aromatic carbocycles. The van der Waals surface area contributed by atoms with E-state index in [0.29, 0.717) is 4.47 Å². The van der Waals surface area contributed by atoms with Gasteiger partial charge in [0, 0.05) is 37.8 Å². The van der Waals surface area contributed by atoms with E-state index in [4.69, 9.17) is 0 Å². The molecule has 1 atom stereocenters. The molecule has 0 aliphatic carbocycles. The highest BCUT2D eigenvalue weighted by Crippen LogP contribution is 2.31. The van der Waals surface area contributed by atoms with Crippen LogP contribution in [0.4, 0.5) is 4.39 Å². The second kappa shape index (κ2) is 9.96. The molecule has 1 heterocycles. The van der Waals surface area contributed by atoms with Crippen molar-refractivity contribution < 1.29 is 4.39 Å². The average Bonchev–Trinajstić information content (AvgIpc) is 2.41. The summed E-state index contributed by atoms with van der Waals surface area (Å²) in [5.74, 6) is -0.102. The lowest BCUT2D eigenvalue weighted by molar-refractivity contribution is 0.161. The molecule has 1 aliphatic rings. The van der Waals surface area contributed by atoms with Crippen molar-refractivity contribution in [1.82, 2.24) is 10.2 Å². The van der Waals surface area contributed by atoms with Gasteiger partial charge >= 0.3 is 0 Å². The summed E-state index contributed by atoms with van der Waals surface area (Å²) in [6.07, 6.45) is 2.08. The summed E-state index contributed by atoms with van der Waals surface area (Å²) in [4.78, 5) is 2.39. The van der Waals surface area contributed by atoms with Gasteiger partial charge in [0.05, 0.1) is 4.47 Å². The van der Waals surface area contributed by atoms with Gasteiger partial charge in [0.2, 0.25) is 0 Å². The summed E-state index contributed by atoms with van der Waals surface area (Å²) in [7, 11) is 0. The molecule has 1 aromatic rings. The zero-order valence-electron chi connectivity index (χ0n) is 11.6. The van der Waals surface area contributed by atoms with Crippen molar-refractivity contribution in [3.05, 3.63) is 34.1 Å². The maximum atomic E-state index is 14.2. The number of halogens is 4. The summed E-state index contributed by atoms with van der Waals surface area (Å²) in [6, 6.07) is 5.81. The molecule has 2 nitrogen and oxygen atoms in total. The minimum atomic E-state index is -0.102. The summed E-state index contributed by atoms with van der Waals surface area (Å²) in [5.41, 5.74) is 0.827. The van der Waals surface area contributed by atoms with Gasteiger partial charge in [-0.25, -0.2) is 4.39 Å². The maximum absolute atomic E-state index is 14.2. The van der Waals surface area contributed by atoms with Crippen LogP contribution in [0.25, 0.3) is 0 Å². The SMILES string of the molecule is CCC[C@@H](c1cccc(Br)c1F)N1CCNCC1.Cl.Cl. The summed E-state index contributed by atoms with van der Waals surface area (Å²) in [5, 5.41) is 3.34. The van der Waals surface area contributed by atoms with Crippen LogP contribution in [0, 0.1) is 5.82 Å². The highest BCUT2D eigenvalue weighted by molar-refractivity contribution is 9.10. The molecule has 0 bridgehead atoms. The topological polar surface area (TPSA) is 15.3 Å². The standard InChI is InChI=1S/C14H20BrFN2.2ClH/c1-2-4-13(18-9-7-17-8-10-18)11-5-3-6-12(15)14(11)16;;/h3,5-6,13,17H,2,4,7-10H2,1H3;2*1H/t13-;;/m0../s1. The number of rotatable bonds is 4. The van der Waals surface area contributed by atoms with Gasteiger partial charge in [-0.2, -0.15) is 0 Å². The second-order valence-corrected chi connectivity index (χ2v) is 5.59. The lowest BCUT2D eigenvalue weighted by Gasteiger charge is -2.35. The molecule has 0 unspecified atom stereocenters.